The molecule has 84 valence electrons. The third-order valence-corrected chi connectivity index (χ3v) is 2.88. The first-order valence-corrected chi connectivity index (χ1v) is 5.42. The smallest absolute Gasteiger partial charge is 0.213 e. The molecule has 0 bridgehead atoms. The second-order valence-electron chi connectivity index (χ2n) is 3.94. The molecule has 1 N–H and O–H groups in total. The largest absolute Gasteiger partial charge is 0.343 e. The van der Waals surface area contributed by atoms with Gasteiger partial charge in [0.05, 0.1) is 18.6 Å². The fourth-order valence-corrected chi connectivity index (χ4v) is 2.10. The van der Waals surface area contributed by atoms with Crippen LogP contribution in [0, 0.1) is 0 Å². The van der Waals surface area contributed by atoms with E-state index < -0.39 is 0 Å². The normalized spacial score (nSPS) is 20.4. The number of nitrogens with one attached hydrogen (secondary N) is 1. The van der Waals surface area contributed by atoms with Crippen molar-refractivity contribution in [3.05, 3.63) is 30.4 Å². The molecule has 2 aromatic rings. The summed E-state index contributed by atoms with van der Waals surface area (Å²) in [5.41, 5.74) is 1.20. The van der Waals surface area contributed by atoms with E-state index in [4.69, 9.17) is 4.52 Å². The zero-order chi connectivity index (χ0) is 10.8. The summed E-state index contributed by atoms with van der Waals surface area (Å²) in [6.07, 6.45) is 7.45. The number of hydrogen-bond donors (Lipinski definition) is 1. The highest BCUT2D eigenvalue weighted by Crippen LogP contribution is 2.22. The lowest BCUT2D eigenvalue weighted by Gasteiger charge is -2.12. The minimum atomic E-state index is 0.411. The standard InChI is InChI=1S/C10H13N5O/c1-2-8(12-3-1)9-4-11-6-15(9)5-10-13-7-16-14-10/h4,6-8,12H,1-3,5H2. The maximum atomic E-state index is 4.72. The Hall–Kier alpha value is -1.69. The SMILES string of the molecule is c1nc(Cn2cncc2C2CCCN2)no1. The number of nitrogens with zero attached hydrogens (tertiary/aromatic N) is 4. The molecule has 0 aromatic carbocycles. The molecule has 0 amide bonds. The van der Waals surface area contributed by atoms with Gasteiger partial charge in [0.15, 0.2) is 5.82 Å². The van der Waals surface area contributed by atoms with Crippen LogP contribution in [0.2, 0.25) is 0 Å². The van der Waals surface area contributed by atoms with Crippen molar-refractivity contribution in [3.8, 4) is 0 Å². The first kappa shape index (κ1) is 9.53. The van der Waals surface area contributed by atoms with Crippen LogP contribution in [-0.4, -0.2) is 26.2 Å². The second kappa shape index (κ2) is 4.05. The molecule has 1 atom stereocenters. The molecular formula is C10H13N5O. The van der Waals surface area contributed by atoms with E-state index in [1.54, 1.807) is 0 Å². The van der Waals surface area contributed by atoms with Gasteiger partial charge in [-0.1, -0.05) is 5.16 Å². The predicted molar refractivity (Wildman–Crippen MR) is 55.6 cm³/mol. The van der Waals surface area contributed by atoms with Gasteiger partial charge in [0, 0.05) is 12.2 Å². The molecule has 3 rings (SSSR count). The average molecular weight is 219 g/mol. The van der Waals surface area contributed by atoms with Crippen molar-refractivity contribution >= 4 is 0 Å². The molecule has 0 aliphatic carbocycles. The van der Waals surface area contributed by atoms with Crippen molar-refractivity contribution in [2.75, 3.05) is 6.54 Å². The van der Waals surface area contributed by atoms with E-state index in [2.05, 4.69) is 25.0 Å². The summed E-state index contributed by atoms with van der Waals surface area (Å²) < 4.78 is 6.78. The van der Waals surface area contributed by atoms with Crippen molar-refractivity contribution in [3.63, 3.8) is 0 Å². The minimum absolute atomic E-state index is 0.411. The topological polar surface area (TPSA) is 68.8 Å². The average Bonchev–Trinajstić information content (AvgIpc) is 2.98. The van der Waals surface area contributed by atoms with Crippen LogP contribution in [0.25, 0.3) is 0 Å². The summed E-state index contributed by atoms with van der Waals surface area (Å²) in [7, 11) is 0. The monoisotopic (exact) mass is 219 g/mol. The Morgan fingerprint density at radius 1 is 1.56 bits per heavy atom. The summed E-state index contributed by atoms with van der Waals surface area (Å²) in [6, 6.07) is 0.411. The quantitative estimate of drug-likeness (QED) is 0.824. The molecular weight excluding hydrogens is 206 g/mol. The molecule has 2 aromatic heterocycles. The van der Waals surface area contributed by atoms with Gasteiger partial charge in [-0.25, -0.2) is 4.98 Å². The Balaban J connectivity index is 1.82. The molecule has 0 spiro atoms. The Morgan fingerprint density at radius 2 is 2.56 bits per heavy atom. The maximum absolute atomic E-state index is 4.72. The van der Waals surface area contributed by atoms with Crippen LogP contribution < -0.4 is 5.32 Å². The highest BCUT2D eigenvalue weighted by molar-refractivity contribution is 5.08. The molecule has 3 heterocycles. The van der Waals surface area contributed by atoms with Gasteiger partial charge in [-0.05, 0) is 19.4 Å². The van der Waals surface area contributed by atoms with Crippen LogP contribution >= 0.6 is 0 Å². The number of rotatable bonds is 3. The van der Waals surface area contributed by atoms with Gasteiger partial charge in [-0.3, -0.25) is 0 Å². The van der Waals surface area contributed by atoms with Crippen LogP contribution in [0.1, 0.15) is 30.4 Å². The van der Waals surface area contributed by atoms with Gasteiger partial charge in [0.1, 0.15) is 0 Å². The Morgan fingerprint density at radius 3 is 3.31 bits per heavy atom. The van der Waals surface area contributed by atoms with E-state index in [0.717, 1.165) is 13.0 Å². The van der Waals surface area contributed by atoms with E-state index >= 15 is 0 Å². The van der Waals surface area contributed by atoms with Gasteiger partial charge in [0.2, 0.25) is 6.39 Å². The van der Waals surface area contributed by atoms with Gasteiger partial charge >= 0.3 is 0 Å². The van der Waals surface area contributed by atoms with Crippen LogP contribution in [0.15, 0.2) is 23.4 Å². The van der Waals surface area contributed by atoms with Crippen LogP contribution in [0.5, 0.6) is 0 Å². The summed E-state index contributed by atoms with van der Waals surface area (Å²) in [5.74, 6) is 0.678. The first-order chi connectivity index (χ1) is 7.93. The van der Waals surface area contributed by atoms with E-state index in [0.29, 0.717) is 18.4 Å². The van der Waals surface area contributed by atoms with Gasteiger partial charge in [0.25, 0.3) is 0 Å². The third kappa shape index (κ3) is 1.71. The van der Waals surface area contributed by atoms with Crippen LogP contribution in [0.4, 0.5) is 0 Å². The van der Waals surface area contributed by atoms with E-state index in [1.165, 1.54) is 18.5 Å². The lowest BCUT2D eigenvalue weighted by atomic mass is 10.2. The molecule has 0 saturated carbocycles. The van der Waals surface area contributed by atoms with Gasteiger partial charge < -0.3 is 14.4 Å². The molecule has 1 fully saturated rings. The highest BCUT2D eigenvalue weighted by Gasteiger charge is 2.20. The molecule has 0 radical (unpaired) electrons. The van der Waals surface area contributed by atoms with Crippen molar-refractivity contribution in [2.24, 2.45) is 0 Å². The number of hydrogen-bond acceptors (Lipinski definition) is 5. The molecule has 1 unspecified atom stereocenters. The number of aromatic nitrogens is 4. The van der Waals surface area contributed by atoms with Crippen molar-refractivity contribution in [1.82, 2.24) is 25.0 Å². The molecule has 6 heteroatoms. The zero-order valence-corrected chi connectivity index (χ0v) is 8.83. The zero-order valence-electron chi connectivity index (χ0n) is 8.83. The maximum Gasteiger partial charge on any atom is 0.213 e. The van der Waals surface area contributed by atoms with E-state index in [-0.39, 0.29) is 0 Å². The lowest BCUT2D eigenvalue weighted by molar-refractivity contribution is 0.407. The fraction of sp³-hybridized carbons (Fsp3) is 0.500. The number of imidazole rings is 1. The molecule has 16 heavy (non-hydrogen) atoms. The third-order valence-electron chi connectivity index (χ3n) is 2.88. The molecule has 1 aliphatic heterocycles. The Labute approximate surface area is 92.7 Å². The van der Waals surface area contributed by atoms with Crippen LogP contribution in [0.3, 0.4) is 0 Å². The van der Waals surface area contributed by atoms with Gasteiger partial charge in [-0.2, -0.15) is 4.98 Å². The van der Waals surface area contributed by atoms with E-state index in [1.807, 2.05) is 12.5 Å². The van der Waals surface area contributed by atoms with Crippen LogP contribution in [-0.2, 0) is 6.54 Å². The van der Waals surface area contributed by atoms with Crippen molar-refractivity contribution in [1.29, 1.82) is 0 Å². The summed E-state index contributed by atoms with van der Waals surface area (Å²) in [4.78, 5) is 8.20. The summed E-state index contributed by atoms with van der Waals surface area (Å²) >= 11 is 0. The second-order valence-corrected chi connectivity index (χ2v) is 3.94. The first-order valence-electron chi connectivity index (χ1n) is 5.42. The Bertz CT molecular complexity index is 443. The highest BCUT2D eigenvalue weighted by atomic mass is 16.5. The fourth-order valence-electron chi connectivity index (χ4n) is 2.10. The lowest BCUT2D eigenvalue weighted by Crippen LogP contribution is -2.17. The summed E-state index contributed by atoms with van der Waals surface area (Å²) in [6.45, 7) is 1.70. The molecule has 1 aliphatic rings. The van der Waals surface area contributed by atoms with Crippen molar-refractivity contribution < 1.29 is 4.52 Å². The van der Waals surface area contributed by atoms with Crippen molar-refractivity contribution in [2.45, 2.75) is 25.4 Å². The summed E-state index contributed by atoms with van der Waals surface area (Å²) in [5, 5.41) is 7.26. The predicted octanol–water partition coefficient (Wildman–Crippen LogP) is 0.739. The molecule has 1 saturated heterocycles. The Kier molecular flexibility index (Phi) is 2.41. The van der Waals surface area contributed by atoms with E-state index in [9.17, 15) is 0 Å². The molecule has 6 nitrogen and oxygen atoms in total. The van der Waals surface area contributed by atoms with Gasteiger partial charge in [-0.15, -0.1) is 0 Å². The minimum Gasteiger partial charge on any atom is -0.343 e.